The highest BCUT2D eigenvalue weighted by atomic mass is 79.9. The van der Waals surface area contributed by atoms with Crippen molar-refractivity contribution in [3.05, 3.63) is 52.6 Å². The average molecular weight is 312 g/mol. The van der Waals surface area contributed by atoms with Gasteiger partial charge >= 0.3 is 0 Å². The first kappa shape index (κ1) is 12.8. The van der Waals surface area contributed by atoms with Crippen molar-refractivity contribution in [1.82, 2.24) is 0 Å². The van der Waals surface area contributed by atoms with Crippen LogP contribution in [0.3, 0.4) is 0 Å². The monoisotopic (exact) mass is 311 g/mol. The fourth-order valence-electron chi connectivity index (χ4n) is 1.66. The number of amides is 1. The van der Waals surface area contributed by atoms with Gasteiger partial charge in [-0.15, -0.1) is 0 Å². The summed E-state index contributed by atoms with van der Waals surface area (Å²) in [4.78, 5) is 13.8. The van der Waals surface area contributed by atoms with Gasteiger partial charge in [-0.05, 0) is 53.2 Å². The fraction of sp³-hybridized carbons (Fsp3) is 0.154. The highest BCUT2D eigenvalue weighted by Gasteiger charge is 2.20. The molecule has 1 aromatic carbocycles. The Morgan fingerprint density at radius 3 is 2.50 bits per heavy atom. The largest absolute Gasteiger partial charge is 0.457 e. The molecule has 0 aliphatic heterocycles. The minimum Gasteiger partial charge on any atom is -0.457 e. The number of anilines is 1. The Balaban J connectivity index is 2.32. The number of carbonyl (C=O) groups is 1. The molecule has 3 nitrogen and oxygen atoms in total. The molecular weight excluding hydrogens is 301 g/mol. The van der Waals surface area contributed by atoms with Gasteiger partial charge < -0.3 is 9.32 Å². The first-order chi connectivity index (χ1) is 8.63. The summed E-state index contributed by atoms with van der Waals surface area (Å²) in [6, 6.07) is 7.40. The number of carbonyl (C=O) groups excluding carboxylic acids is 1. The van der Waals surface area contributed by atoms with Crippen LogP contribution in [0.25, 0.3) is 0 Å². The highest BCUT2D eigenvalue weighted by Crippen LogP contribution is 2.23. The van der Waals surface area contributed by atoms with Crippen molar-refractivity contribution in [3.63, 3.8) is 0 Å². The van der Waals surface area contributed by atoms with Crippen molar-refractivity contribution >= 4 is 27.5 Å². The van der Waals surface area contributed by atoms with Crippen molar-refractivity contribution in [3.8, 4) is 0 Å². The third kappa shape index (κ3) is 2.46. The van der Waals surface area contributed by atoms with E-state index in [1.54, 1.807) is 23.1 Å². The van der Waals surface area contributed by atoms with Gasteiger partial charge in [0.1, 0.15) is 5.82 Å². The van der Waals surface area contributed by atoms with Gasteiger partial charge in [0.05, 0.1) is 11.8 Å². The molecule has 0 unspecified atom stereocenters. The highest BCUT2D eigenvalue weighted by molar-refractivity contribution is 9.10. The minimum absolute atomic E-state index is 0.190. The Bertz CT molecular complexity index is 550. The second-order valence-electron chi connectivity index (χ2n) is 3.63. The Morgan fingerprint density at radius 1 is 1.33 bits per heavy atom. The first-order valence-corrected chi connectivity index (χ1v) is 6.23. The molecule has 2 rings (SSSR count). The molecule has 2 aromatic rings. The fourth-order valence-corrected chi connectivity index (χ4v) is 2.07. The second-order valence-corrected chi connectivity index (χ2v) is 4.35. The van der Waals surface area contributed by atoms with Crippen molar-refractivity contribution in [2.45, 2.75) is 6.92 Å². The molecule has 0 saturated carbocycles. The summed E-state index contributed by atoms with van der Waals surface area (Å²) in [7, 11) is 0. The summed E-state index contributed by atoms with van der Waals surface area (Å²) in [5.74, 6) is -0.517. The second kappa shape index (κ2) is 5.35. The van der Waals surface area contributed by atoms with Crippen molar-refractivity contribution in [2.24, 2.45) is 0 Å². The number of rotatable bonds is 3. The molecule has 1 heterocycles. The molecular formula is C13H11BrFNO2. The number of benzene rings is 1. The van der Waals surface area contributed by atoms with E-state index in [0.29, 0.717) is 22.5 Å². The van der Waals surface area contributed by atoms with E-state index in [-0.39, 0.29) is 11.7 Å². The number of nitrogens with zero attached hydrogens (tertiary/aromatic N) is 1. The molecule has 0 aliphatic carbocycles. The predicted octanol–water partition coefficient (Wildman–Crippen LogP) is 3.85. The van der Waals surface area contributed by atoms with Gasteiger partial charge in [0.15, 0.2) is 4.67 Å². The van der Waals surface area contributed by atoms with E-state index in [1.807, 2.05) is 6.92 Å². The van der Waals surface area contributed by atoms with Gasteiger partial charge in [0.2, 0.25) is 0 Å². The third-order valence-electron chi connectivity index (χ3n) is 2.55. The summed E-state index contributed by atoms with van der Waals surface area (Å²) in [6.45, 7) is 2.34. The van der Waals surface area contributed by atoms with Crippen molar-refractivity contribution in [2.75, 3.05) is 11.4 Å². The van der Waals surface area contributed by atoms with Crippen LogP contribution < -0.4 is 4.90 Å². The lowest BCUT2D eigenvalue weighted by molar-refractivity contribution is 0.0986. The summed E-state index contributed by atoms with van der Waals surface area (Å²) in [5.41, 5.74) is 1.10. The number of furan rings is 1. The topological polar surface area (TPSA) is 33.5 Å². The molecule has 0 atom stereocenters. The van der Waals surface area contributed by atoms with Gasteiger partial charge in [0.25, 0.3) is 5.91 Å². The van der Waals surface area contributed by atoms with Gasteiger partial charge in [0, 0.05) is 12.2 Å². The maximum atomic E-state index is 12.9. The maximum absolute atomic E-state index is 12.9. The predicted molar refractivity (Wildman–Crippen MR) is 70.2 cm³/mol. The summed E-state index contributed by atoms with van der Waals surface area (Å²) < 4.78 is 18.3. The zero-order valence-corrected chi connectivity index (χ0v) is 11.3. The van der Waals surface area contributed by atoms with Gasteiger partial charge in [-0.1, -0.05) is 0 Å². The SMILES string of the molecule is CCN(C(=O)c1ccoc1Br)c1ccc(F)cc1. The van der Waals surface area contributed by atoms with Gasteiger partial charge in [-0.3, -0.25) is 4.79 Å². The Labute approximate surface area is 112 Å². The number of hydrogen-bond donors (Lipinski definition) is 0. The van der Waals surface area contributed by atoms with Crippen LogP contribution in [0.5, 0.6) is 0 Å². The molecule has 0 saturated heterocycles. The quantitative estimate of drug-likeness (QED) is 0.862. The standard InChI is InChI=1S/C13H11BrFNO2/c1-2-16(10-5-3-9(15)4-6-10)13(17)11-7-8-18-12(11)14/h3-8H,2H2,1H3. The molecule has 0 N–H and O–H groups in total. The molecule has 0 aliphatic rings. The van der Waals surface area contributed by atoms with Crippen molar-refractivity contribution in [1.29, 1.82) is 0 Å². The zero-order valence-electron chi connectivity index (χ0n) is 9.69. The molecule has 0 bridgehead atoms. The van der Waals surface area contributed by atoms with Crippen LogP contribution in [-0.4, -0.2) is 12.5 Å². The number of hydrogen-bond acceptors (Lipinski definition) is 2. The van der Waals surface area contributed by atoms with E-state index in [0.717, 1.165) is 0 Å². The van der Waals surface area contributed by atoms with Crippen LogP contribution in [0.1, 0.15) is 17.3 Å². The third-order valence-corrected chi connectivity index (χ3v) is 3.16. The molecule has 1 amide bonds. The Morgan fingerprint density at radius 2 is 2.00 bits per heavy atom. The summed E-state index contributed by atoms with van der Waals surface area (Å²) in [5, 5.41) is 0. The molecule has 0 fully saturated rings. The maximum Gasteiger partial charge on any atom is 0.262 e. The summed E-state index contributed by atoms with van der Waals surface area (Å²) in [6.07, 6.45) is 1.44. The first-order valence-electron chi connectivity index (χ1n) is 5.44. The van der Waals surface area contributed by atoms with Crippen LogP contribution in [0.2, 0.25) is 0 Å². The van der Waals surface area contributed by atoms with Crippen LogP contribution in [0.15, 0.2) is 45.7 Å². The normalized spacial score (nSPS) is 10.4. The minimum atomic E-state index is -0.327. The van der Waals surface area contributed by atoms with Gasteiger partial charge in [-0.25, -0.2) is 4.39 Å². The molecule has 18 heavy (non-hydrogen) atoms. The molecule has 94 valence electrons. The van der Waals surface area contributed by atoms with Crippen LogP contribution in [0.4, 0.5) is 10.1 Å². The van der Waals surface area contributed by atoms with E-state index in [2.05, 4.69) is 15.9 Å². The Hall–Kier alpha value is -1.62. The lowest BCUT2D eigenvalue weighted by Crippen LogP contribution is -2.30. The summed E-state index contributed by atoms with van der Waals surface area (Å²) >= 11 is 3.17. The average Bonchev–Trinajstić information content (AvgIpc) is 2.78. The number of halogens is 2. The molecule has 5 heteroatoms. The van der Waals surface area contributed by atoms with E-state index >= 15 is 0 Å². The van der Waals surface area contributed by atoms with Crippen LogP contribution >= 0.6 is 15.9 Å². The van der Waals surface area contributed by atoms with Crippen LogP contribution in [-0.2, 0) is 0 Å². The smallest absolute Gasteiger partial charge is 0.262 e. The lowest BCUT2D eigenvalue weighted by Gasteiger charge is -2.20. The zero-order chi connectivity index (χ0) is 13.1. The van der Waals surface area contributed by atoms with E-state index in [1.165, 1.54) is 18.4 Å². The molecule has 1 aromatic heterocycles. The molecule has 0 spiro atoms. The molecule has 0 radical (unpaired) electrons. The van der Waals surface area contributed by atoms with E-state index < -0.39 is 0 Å². The van der Waals surface area contributed by atoms with Crippen LogP contribution in [0, 0.1) is 5.82 Å². The lowest BCUT2D eigenvalue weighted by atomic mass is 10.2. The van der Waals surface area contributed by atoms with E-state index in [9.17, 15) is 9.18 Å². The van der Waals surface area contributed by atoms with E-state index in [4.69, 9.17) is 4.42 Å². The van der Waals surface area contributed by atoms with Gasteiger partial charge in [-0.2, -0.15) is 0 Å². The Kier molecular flexibility index (Phi) is 3.81. The van der Waals surface area contributed by atoms with Crippen molar-refractivity contribution < 1.29 is 13.6 Å².